The minimum Gasteiger partial charge on any atom is -0.468 e. The molecule has 0 fully saturated rings. The van der Waals surface area contributed by atoms with Crippen molar-refractivity contribution in [3.8, 4) is 0 Å². The minimum absolute atomic E-state index is 0.363. The van der Waals surface area contributed by atoms with E-state index in [0.717, 1.165) is 27.6 Å². The Hall–Kier alpha value is -1.64. The maximum atomic E-state index is 12.5. The average molecular weight is 431 g/mol. The Balaban J connectivity index is 1.99. The summed E-state index contributed by atoms with van der Waals surface area (Å²) in [5.74, 6) is 1.92. The van der Waals surface area contributed by atoms with Gasteiger partial charge in [0.25, 0.3) is 0 Å². The van der Waals surface area contributed by atoms with Gasteiger partial charge in [-0.1, -0.05) is 17.7 Å². The van der Waals surface area contributed by atoms with Gasteiger partial charge in [0.15, 0.2) is 0 Å². The second-order valence-electron chi connectivity index (χ2n) is 6.09. The molecule has 0 aliphatic carbocycles. The van der Waals surface area contributed by atoms with E-state index in [1.165, 1.54) is 0 Å². The van der Waals surface area contributed by atoms with Crippen LogP contribution in [-0.4, -0.2) is 38.9 Å². The number of benzene rings is 1. The van der Waals surface area contributed by atoms with Gasteiger partial charge < -0.3 is 9.73 Å². The summed E-state index contributed by atoms with van der Waals surface area (Å²) in [7, 11) is -3.67. The van der Waals surface area contributed by atoms with Gasteiger partial charge in [-0.25, -0.2) is 8.42 Å². The zero-order chi connectivity index (χ0) is 20.0. The van der Waals surface area contributed by atoms with Gasteiger partial charge in [0.1, 0.15) is 11.8 Å². The van der Waals surface area contributed by atoms with Gasteiger partial charge >= 0.3 is 0 Å². The van der Waals surface area contributed by atoms with Gasteiger partial charge in [0, 0.05) is 17.3 Å². The number of rotatable bonds is 9. The van der Waals surface area contributed by atoms with Crippen molar-refractivity contribution in [1.29, 1.82) is 0 Å². The lowest BCUT2D eigenvalue weighted by molar-refractivity contribution is -0.121. The van der Waals surface area contributed by atoms with E-state index in [1.54, 1.807) is 50.1 Å². The first kappa shape index (κ1) is 21.7. The molecule has 0 radical (unpaired) electrons. The predicted molar refractivity (Wildman–Crippen MR) is 111 cm³/mol. The number of furan rings is 1. The predicted octanol–water partition coefficient (Wildman–Crippen LogP) is 3.45. The Kier molecular flexibility index (Phi) is 7.64. The summed E-state index contributed by atoms with van der Waals surface area (Å²) >= 11 is 7.65. The molecule has 0 bridgehead atoms. The van der Waals surface area contributed by atoms with Crippen LogP contribution in [0.3, 0.4) is 0 Å². The third kappa shape index (κ3) is 6.19. The van der Waals surface area contributed by atoms with E-state index in [1.807, 2.05) is 12.1 Å². The van der Waals surface area contributed by atoms with Crippen molar-refractivity contribution in [1.82, 2.24) is 5.32 Å². The smallest absolute Gasteiger partial charge is 0.243 e. The first-order valence-electron chi connectivity index (χ1n) is 8.33. The average Bonchev–Trinajstić information content (AvgIpc) is 3.09. The molecule has 0 spiro atoms. The summed E-state index contributed by atoms with van der Waals surface area (Å²) in [6, 6.07) is 7.79. The van der Waals surface area contributed by atoms with E-state index < -0.39 is 16.1 Å². The maximum Gasteiger partial charge on any atom is 0.243 e. The zero-order valence-corrected chi connectivity index (χ0v) is 17.8. The van der Waals surface area contributed by atoms with Crippen LogP contribution < -0.4 is 9.62 Å². The molecule has 1 atom stereocenters. The molecule has 1 heterocycles. The molecule has 27 heavy (non-hydrogen) atoms. The molecule has 0 aliphatic rings. The Labute approximate surface area is 169 Å². The van der Waals surface area contributed by atoms with Crippen molar-refractivity contribution in [2.45, 2.75) is 25.6 Å². The molecular formula is C18H23ClN2O4S2. The van der Waals surface area contributed by atoms with E-state index in [-0.39, 0.29) is 5.91 Å². The van der Waals surface area contributed by atoms with E-state index in [2.05, 4.69) is 5.32 Å². The molecule has 1 aromatic heterocycles. The van der Waals surface area contributed by atoms with Gasteiger partial charge in [0.05, 0.1) is 24.0 Å². The van der Waals surface area contributed by atoms with Gasteiger partial charge in [-0.15, -0.1) is 0 Å². The van der Waals surface area contributed by atoms with E-state index >= 15 is 0 Å². The third-order valence-corrected chi connectivity index (χ3v) is 6.31. The normalized spacial score (nSPS) is 12.6. The first-order chi connectivity index (χ1) is 12.7. The van der Waals surface area contributed by atoms with Crippen molar-refractivity contribution in [3.63, 3.8) is 0 Å². The van der Waals surface area contributed by atoms with Gasteiger partial charge in [-0.2, -0.15) is 11.8 Å². The van der Waals surface area contributed by atoms with Crippen LogP contribution in [0.25, 0.3) is 0 Å². The topological polar surface area (TPSA) is 79.6 Å². The highest BCUT2D eigenvalue weighted by molar-refractivity contribution is 7.98. The Morgan fingerprint density at radius 3 is 2.74 bits per heavy atom. The van der Waals surface area contributed by atoms with Crippen molar-refractivity contribution >= 4 is 45.0 Å². The molecule has 1 N–H and O–H groups in total. The highest BCUT2D eigenvalue weighted by Gasteiger charge is 2.30. The number of nitrogens with one attached hydrogen (secondary N) is 1. The van der Waals surface area contributed by atoms with Crippen LogP contribution in [0.2, 0.25) is 5.02 Å². The van der Waals surface area contributed by atoms with Crippen molar-refractivity contribution in [2.75, 3.05) is 22.9 Å². The summed E-state index contributed by atoms with van der Waals surface area (Å²) in [4.78, 5) is 12.5. The number of sulfonamides is 1. The number of hydrogen-bond donors (Lipinski definition) is 1. The standard InChI is InChI=1S/C18H23ClN2O4S2/c1-13-6-7-15(19)11-17(13)21(27(3,23)24)14(2)18(22)20-8-10-26-12-16-5-4-9-25-16/h4-7,9,11,14H,8,10,12H2,1-3H3,(H,20,22)/t14-/m1/s1. The number of anilines is 1. The molecule has 2 aromatic rings. The van der Waals surface area contributed by atoms with Crippen molar-refractivity contribution < 1.29 is 17.6 Å². The maximum absolute atomic E-state index is 12.5. The summed E-state index contributed by atoms with van der Waals surface area (Å²) in [6.45, 7) is 3.77. The van der Waals surface area contributed by atoms with Crippen LogP contribution in [0.15, 0.2) is 41.0 Å². The van der Waals surface area contributed by atoms with Crippen LogP contribution >= 0.6 is 23.4 Å². The lowest BCUT2D eigenvalue weighted by atomic mass is 10.2. The number of hydrogen-bond acceptors (Lipinski definition) is 5. The Morgan fingerprint density at radius 2 is 2.11 bits per heavy atom. The van der Waals surface area contributed by atoms with Crippen LogP contribution in [0.4, 0.5) is 5.69 Å². The monoisotopic (exact) mass is 430 g/mol. The first-order valence-corrected chi connectivity index (χ1v) is 11.7. The Morgan fingerprint density at radius 1 is 1.37 bits per heavy atom. The van der Waals surface area contributed by atoms with Crippen LogP contribution in [0, 0.1) is 6.92 Å². The third-order valence-electron chi connectivity index (χ3n) is 3.87. The van der Waals surface area contributed by atoms with E-state index in [0.29, 0.717) is 23.0 Å². The van der Waals surface area contributed by atoms with Crippen LogP contribution in [0.5, 0.6) is 0 Å². The van der Waals surface area contributed by atoms with Gasteiger partial charge in [0.2, 0.25) is 15.9 Å². The molecule has 1 amide bonds. The summed E-state index contributed by atoms with van der Waals surface area (Å²) in [5, 5.41) is 3.20. The molecule has 0 saturated carbocycles. The van der Waals surface area contributed by atoms with E-state index in [9.17, 15) is 13.2 Å². The summed E-state index contributed by atoms with van der Waals surface area (Å²) < 4.78 is 31.0. The minimum atomic E-state index is -3.67. The van der Waals surface area contributed by atoms with Gasteiger partial charge in [-0.05, 0) is 43.7 Å². The number of nitrogens with zero attached hydrogens (tertiary/aromatic N) is 1. The highest BCUT2D eigenvalue weighted by atomic mass is 35.5. The second-order valence-corrected chi connectivity index (χ2v) is 9.49. The molecule has 0 saturated heterocycles. The summed E-state index contributed by atoms with van der Waals surface area (Å²) in [5.41, 5.74) is 1.12. The number of carbonyl (C=O) groups excluding carboxylic acids is 1. The molecule has 148 valence electrons. The molecule has 6 nitrogen and oxygen atoms in total. The number of aryl methyl sites for hydroxylation is 1. The van der Waals surface area contributed by atoms with Crippen LogP contribution in [0.1, 0.15) is 18.2 Å². The quantitative estimate of drug-likeness (QED) is 0.616. The number of amides is 1. The summed E-state index contributed by atoms with van der Waals surface area (Å²) in [6.07, 6.45) is 2.70. The zero-order valence-electron chi connectivity index (χ0n) is 15.4. The fourth-order valence-electron chi connectivity index (χ4n) is 2.56. The molecule has 9 heteroatoms. The SMILES string of the molecule is Cc1ccc(Cl)cc1N([C@H](C)C(=O)NCCSCc1ccco1)S(C)(=O)=O. The molecule has 2 rings (SSSR count). The highest BCUT2D eigenvalue weighted by Crippen LogP contribution is 2.28. The lowest BCUT2D eigenvalue weighted by Crippen LogP contribution is -2.48. The van der Waals surface area contributed by atoms with Crippen molar-refractivity contribution in [3.05, 3.63) is 52.9 Å². The largest absolute Gasteiger partial charge is 0.468 e. The fraction of sp³-hybridized carbons (Fsp3) is 0.389. The second kappa shape index (κ2) is 9.52. The number of thioether (sulfide) groups is 1. The number of carbonyl (C=O) groups is 1. The molecular weight excluding hydrogens is 408 g/mol. The number of halogens is 1. The fourth-order valence-corrected chi connectivity index (χ4v) is 4.71. The molecule has 0 unspecified atom stereocenters. The van der Waals surface area contributed by atoms with Crippen molar-refractivity contribution in [2.24, 2.45) is 0 Å². The Bertz CT molecular complexity index is 869. The lowest BCUT2D eigenvalue weighted by Gasteiger charge is -2.29. The van der Waals surface area contributed by atoms with Gasteiger partial charge in [-0.3, -0.25) is 9.10 Å². The molecule has 0 aliphatic heterocycles. The van der Waals surface area contributed by atoms with Crippen LogP contribution in [-0.2, 0) is 20.6 Å². The van der Waals surface area contributed by atoms with E-state index in [4.69, 9.17) is 16.0 Å². The molecule has 1 aromatic carbocycles.